The van der Waals surface area contributed by atoms with Gasteiger partial charge in [0.05, 0.1) is 6.04 Å². The van der Waals surface area contributed by atoms with Gasteiger partial charge in [0, 0.05) is 17.6 Å². The van der Waals surface area contributed by atoms with Gasteiger partial charge >= 0.3 is 11.4 Å². The molecule has 0 aliphatic carbocycles. The van der Waals surface area contributed by atoms with Gasteiger partial charge in [-0.2, -0.15) is 0 Å². The van der Waals surface area contributed by atoms with Crippen molar-refractivity contribution in [2.24, 2.45) is 0 Å². The Morgan fingerprint density at radius 3 is 2.50 bits per heavy atom. The molecule has 0 fully saturated rings. The van der Waals surface area contributed by atoms with Crippen molar-refractivity contribution in [2.75, 3.05) is 5.33 Å². The van der Waals surface area contributed by atoms with Crippen molar-refractivity contribution in [3.63, 3.8) is 0 Å². The zero-order chi connectivity index (χ0) is 13.0. The monoisotopic (exact) mass is 309 g/mol. The van der Waals surface area contributed by atoms with Crippen LogP contribution in [-0.4, -0.2) is 9.90 Å². The molecule has 5 heteroatoms. The number of rotatable bonds is 4. The molecule has 0 saturated heterocycles. The Hall–Kier alpha value is -1.62. The highest BCUT2D eigenvalue weighted by Gasteiger charge is 2.15. The molecule has 0 amide bonds. The van der Waals surface area contributed by atoms with Gasteiger partial charge in [0.2, 0.25) is 0 Å². The number of aromatic nitrogens is 1. The molecular formula is C13H12BrNO3. The molecule has 0 bridgehead atoms. The van der Waals surface area contributed by atoms with Crippen LogP contribution >= 0.6 is 15.9 Å². The molecule has 0 saturated carbocycles. The van der Waals surface area contributed by atoms with Gasteiger partial charge in [-0.05, 0) is 12.0 Å². The molecule has 1 unspecified atom stereocenters. The third-order valence-corrected chi connectivity index (χ3v) is 3.13. The number of hydrogen-bond donors (Lipinski definition) is 0. The summed E-state index contributed by atoms with van der Waals surface area (Å²) < 4.78 is 6.04. The highest BCUT2D eigenvalue weighted by atomic mass is 79.9. The van der Waals surface area contributed by atoms with Crippen molar-refractivity contribution in [3.8, 4) is 0 Å². The average Bonchev–Trinajstić information content (AvgIpc) is 2.38. The van der Waals surface area contributed by atoms with Crippen molar-refractivity contribution < 1.29 is 4.42 Å². The number of hydrogen-bond acceptors (Lipinski definition) is 3. The van der Waals surface area contributed by atoms with Gasteiger partial charge in [-0.15, -0.1) is 0 Å². The molecule has 2 aromatic rings. The van der Waals surface area contributed by atoms with E-state index in [1.165, 1.54) is 16.8 Å². The molecular weight excluding hydrogens is 298 g/mol. The van der Waals surface area contributed by atoms with Crippen LogP contribution < -0.4 is 11.4 Å². The molecule has 1 aromatic carbocycles. The fraction of sp³-hybridized carbons (Fsp3) is 0.231. The second-order valence-electron chi connectivity index (χ2n) is 3.81. The maximum atomic E-state index is 11.7. The van der Waals surface area contributed by atoms with Gasteiger partial charge in [0.15, 0.2) is 0 Å². The minimum atomic E-state index is -0.627. The van der Waals surface area contributed by atoms with Crippen molar-refractivity contribution in [3.05, 3.63) is 69.1 Å². The maximum absolute atomic E-state index is 11.7. The van der Waals surface area contributed by atoms with E-state index in [0.29, 0.717) is 0 Å². The highest BCUT2D eigenvalue weighted by Crippen LogP contribution is 2.20. The highest BCUT2D eigenvalue weighted by molar-refractivity contribution is 9.09. The van der Waals surface area contributed by atoms with E-state index >= 15 is 0 Å². The molecule has 94 valence electrons. The summed E-state index contributed by atoms with van der Waals surface area (Å²) in [5.74, 6) is -0.627. The van der Waals surface area contributed by atoms with Crippen molar-refractivity contribution in [2.45, 2.75) is 12.5 Å². The molecule has 2 rings (SSSR count). The van der Waals surface area contributed by atoms with E-state index in [9.17, 15) is 9.59 Å². The summed E-state index contributed by atoms with van der Waals surface area (Å²) in [5, 5.41) is 0.748. The second kappa shape index (κ2) is 5.82. The van der Waals surface area contributed by atoms with Gasteiger partial charge < -0.3 is 4.42 Å². The lowest BCUT2D eigenvalue weighted by Gasteiger charge is -2.17. The molecule has 1 heterocycles. The Balaban J connectivity index is 2.48. The summed E-state index contributed by atoms with van der Waals surface area (Å²) in [6.07, 6.45) is 2.21. The Morgan fingerprint density at radius 2 is 1.89 bits per heavy atom. The summed E-state index contributed by atoms with van der Waals surface area (Å²) >= 11 is 3.38. The number of halogens is 1. The quantitative estimate of drug-likeness (QED) is 0.813. The maximum Gasteiger partial charge on any atom is 0.422 e. The SMILES string of the molecule is O=c1ccn(C(CCBr)c2ccccc2)c(=O)o1. The second-order valence-corrected chi connectivity index (χ2v) is 4.61. The van der Waals surface area contributed by atoms with Crippen LogP contribution in [0.5, 0.6) is 0 Å². The van der Waals surface area contributed by atoms with Crippen LogP contribution in [0.15, 0.2) is 56.6 Å². The Morgan fingerprint density at radius 1 is 1.17 bits per heavy atom. The summed E-state index contributed by atoms with van der Waals surface area (Å²) in [6.45, 7) is 0. The molecule has 1 aromatic heterocycles. The smallest absolute Gasteiger partial charge is 0.373 e. The van der Waals surface area contributed by atoms with Gasteiger partial charge in [0.1, 0.15) is 0 Å². The average molecular weight is 310 g/mol. The largest absolute Gasteiger partial charge is 0.422 e. The first kappa shape index (κ1) is 12.8. The third kappa shape index (κ3) is 2.79. The van der Waals surface area contributed by atoms with E-state index in [4.69, 9.17) is 0 Å². The number of nitrogens with zero attached hydrogens (tertiary/aromatic N) is 1. The van der Waals surface area contributed by atoms with Gasteiger partial charge in [-0.1, -0.05) is 46.3 Å². The Bertz CT molecular complexity index is 618. The summed E-state index contributed by atoms with van der Waals surface area (Å²) in [6, 6.07) is 10.8. The minimum Gasteiger partial charge on any atom is -0.373 e. The zero-order valence-electron chi connectivity index (χ0n) is 9.58. The van der Waals surface area contributed by atoms with Crippen molar-refractivity contribution >= 4 is 15.9 Å². The minimum absolute atomic E-state index is 0.137. The number of benzene rings is 1. The first-order chi connectivity index (χ1) is 8.72. The van der Waals surface area contributed by atoms with Crippen LogP contribution in [0.25, 0.3) is 0 Å². The lowest BCUT2D eigenvalue weighted by atomic mass is 10.0. The molecule has 0 aliphatic rings. The van der Waals surface area contributed by atoms with Crippen LogP contribution in [0.1, 0.15) is 18.0 Å². The first-order valence-corrected chi connectivity index (χ1v) is 6.67. The molecule has 18 heavy (non-hydrogen) atoms. The van der Waals surface area contributed by atoms with E-state index in [2.05, 4.69) is 20.3 Å². The van der Waals surface area contributed by atoms with E-state index in [1.807, 2.05) is 30.3 Å². The van der Waals surface area contributed by atoms with Gasteiger partial charge in [-0.3, -0.25) is 4.57 Å². The molecule has 0 N–H and O–H groups in total. The summed E-state index contributed by atoms with van der Waals surface area (Å²) in [5.41, 5.74) is 0.384. The summed E-state index contributed by atoms with van der Waals surface area (Å²) in [4.78, 5) is 22.7. The lowest BCUT2D eigenvalue weighted by molar-refractivity contribution is 0.379. The zero-order valence-corrected chi connectivity index (χ0v) is 11.2. The first-order valence-electron chi connectivity index (χ1n) is 5.55. The molecule has 0 spiro atoms. The standard InChI is InChI=1S/C13H12BrNO3/c14-8-6-11(10-4-2-1-3-5-10)15-9-7-12(16)18-13(15)17/h1-5,7,9,11H,6,8H2. The Kier molecular flexibility index (Phi) is 4.15. The van der Waals surface area contributed by atoms with Crippen LogP contribution in [0.4, 0.5) is 0 Å². The number of alkyl halides is 1. The molecule has 0 radical (unpaired) electrons. The fourth-order valence-corrected chi connectivity index (χ4v) is 2.28. The molecule has 0 aliphatic heterocycles. The van der Waals surface area contributed by atoms with Crippen LogP contribution in [0.3, 0.4) is 0 Å². The fourth-order valence-electron chi connectivity index (χ4n) is 1.85. The lowest BCUT2D eigenvalue weighted by Crippen LogP contribution is -2.27. The van der Waals surface area contributed by atoms with Crippen molar-refractivity contribution in [1.29, 1.82) is 0 Å². The van der Waals surface area contributed by atoms with E-state index < -0.39 is 11.4 Å². The normalized spacial score (nSPS) is 12.3. The van der Waals surface area contributed by atoms with E-state index in [0.717, 1.165) is 17.3 Å². The van der Waals surface area contributed by atoms with E-state index in [-0.39, 0.29) is 6.04 Å². The van der Waals surface area contributed by atoms with Crippen LogP contribution in [-0.2, 0) is 0 Å². The van der Waals surface area contributed by atoms with Gasteiger partial charge in [-0.25, -0.2) is 9.59 Å². The van der Waals surface area contributed by atoms with E-state index in [1.54, 1.807) is 0 Å². The molecule has 4 nitrogen and oxygen atoms in total. The summed E-state index contributed by atoms with van der Waals surface area (Å²) in [7, 11) is 0. The van der Waals surface area contributed by atoms with Crippen LogP contribution in [0, 0.1) is 0 Å². The molecule has 1 atom stereocenters. The van der Waals surface area contributed by atoms with Crippen molar-refractivity contribution in [1.82, 2.24) is 4.57 Å². The Labute approximate surface area is 112 Å². The third-order valence-electron chi connectivity index (χ3n) is 2.67. The topological polar surface area (TPSA) is 52.2 Å². The van der Waals surface area contributed by atoms with Crippen LogP contribution in [0.2, 0.25) is 0 Å². The predicted molar refractivity (Wildman–Crippen MR) is 72.2 cm³/mol. The predicted octanol–water partition coefficient (Wildman–Crippen LogP) is 2.18. The van der Waals surface area contributed by atoms with Gasteiger partial charge in [0.25, 0.3) is 0 Å².